The van der Waals surface area contributed by atoms with Crippen molar-refractivity contribution in [1.29, 1.82) is 5.26 Å². The number of nitrogens with zero attached hydrogens (tertiary/aromatic N) is 3. The van der Waals surface area contributed by atoms with Gasteiger partial charge in [0.15, 0.2) is 0 Å². The normalized spacial score (nSPS) is 14.7. The highest BCUT2D eigenvalue weighted by atomic mass is 35.5. The average Bonchev–Trinajstić information content (AvgIpc) is 2.68. The third kappa shape index (κ3) is 4.75. The number of hydrogen-bond donors (Lipinski definition) is 1. The molecule has 0 aliphatic carbocycles. The highest BCUT2D eigenvalue weighted by Crippen LogP contribution is 2.20. The van der Waals surface area contributed by atoms with Gasteiger partial charge in [0, 0.05) is 38.4 Å². The Hall–Kier alpha value is -2.55. The fourth-order valence-electron chi connectivity index (χ4n) is 2.99. The van der Waals surface area contributed by atoms with Crippen LogP contribution in [0.3, 0.4) is 0 Å². The third-order valence-corrected chi connectivity index (χ3v) is 4.87. The number of halogens is 1. The molecule has 134 valence electrons. The summed E-state index contributed by atoms with van der Waals surface area (Å²) in [6.07, 6.45) is 1.02. The predicted molar refractivity (Wildman–Crippen MR) is 103 cm³/mol. The molecule has 3 rings (SSSR count). The number of rotatable bonds is 4. The summed E-state index contributed by atoms with van der Waals surface area (Å²) in [7, 11) is 0. The Morgan fingerprint density at radius 2 is 1.85 bits per heavy atom. The van der Waals surface area contributed by atoms with E-state index in [0.29, 0.717) is 29.4 Å². The quantitative estimate of drug-likeness (QED) is 0.896. The summed E-state index contributed by atoms with van der Waals surface area (Å²) in [4.78, 5) is 16.6. The fourth-order valence-corrected chi connectivity index (χ4v) is 3.22. The summed E-state index contributed by atoms with van der Waals surface area (Å²) >= 11 is 6.01. The summed E-state index contributed by atoms with van der Waals surface area (Å²) in [5.74, 6) is 0. The molecule has 1 aliphatic rings. The Morgan fingerprint density at radius 3 is 2.50 bits per heavy atom. The number of anilines is 1. The number of nitrogens with one attached hydrogen (secondary N) is 1. The van der Waals surface area contributed by atoms with Gasteiger partial charge in [0.1, 0.15) is 6.07 Å². The zero-order valence-electron chi connectivity index (χ0n) is 14.5. The van der Waals surface area contributed by atoms with Crippen LogP contribution in [0.4, 0.5) is 10.5 Å². The topological polar surface area (TPSA) is 59.4 Å². The average molecular weight is 369 g/mol. The molecule has 0 atom stereocenters. The van der Waals surface area contributed by atoms with Gasteiger partial charge in [0.2, 0.25) is 0 Å². The van der Waals surface area contributed by atoms with Crippen LogP contribution in [0.2, 0.25) is 5.02 Å². The zero-order valence-corrected chi connectivity index (χ0v) is 15.2. The molecule has 2 amide bonds. The van der Waals surface area contributed by atoms with Gasteiger partial charge in [-0.05, 0) is 30.2 Å². The first-order chi connectivity index (χ1) is 12.7. The minimum absolute atomic E-state index is 0.131. The Kier molecular flexibility index (Phi) is 6.11. The smallest absolute Gasteiger partial charge is 0.321 e. The number of piperazine rings is 1. The number of benzene rings is 2. The number of amides is 2. The summed E-state index contributed by atoms with van der Waals surface area (Å²) in [6, 6.07) is 17.2. The Balaban J connectivity index is 1.46. The van der Waals surface area contributed by atoms with Crippen LogP contribution in [0.5, 0.6) is 0 Å². The molecular formula is C20H21ClN4O. The molecule has 0 aromatic heterocycles. The summed E-state index contributed by atoms with van der Waals surface area (Å²) in [6.45, 7) is 4.14. The van der Waals surface area contributed by atoms with Crippen LogP contribution in [-0.2, 0) is 6.42 Å². The number of urea groups is 1. The minimum Gasteiger partial charge on any atom is -0.322 e. The van der Waals surface area contributed by atoms with E-state index in [1.165, 1.54) is 5.56 Å². The standard InChI is InChI=1S/C20H21ClN4O/c21-19-14-18(7-6-17(19)15-22)23-20(26)25-12-10-24(11-13-25)9-8-16-4-2-1-3-5-16/h1-7,14H,8-13H2,(H,23,26). The second-order valence-corrected chi connectivity index (χ2v) is 6.71. The van der Waals surface area contributed by atoms with Crippen molar-refractivity contribution in [2.45, 2.75) is 6.42 Å². The van der Waals surface area contributed by atoms with Crippen LogP contribution in [0.15, 0.2) is 48.5 Å². The molecule has 1 heterocycles. The summed E-state index contributed by atoms with van der Waals surface area (Å²) in [5.41, 5.74) is 2.34. The van der Waals surface area contributed by atoms with Gasteiger partial charge in [-0.3, -0.25) is 4.90 Å². The van der Waals surface area contributed by atoms with Gasteiger partial charge in [-0.2, -0.15) is 5.26 Å². The molecule has 1 saturated heterocycles. The number of hydrogen-bond acceptors (Lipinski definition) is 3. The van der Waals surface area contributed by atoms with E-state index in [2.05, 4.69) is 34.5 Å². The molecule has 0 saturated carbocycles. The van der Waals surface area contributed by atoms with E-state index in [1.54, 1.807) is 18.2 Å². The van der Waals surface area contributed by atoms with Crippen LogP contribution >= 0.6 is 11.6 Å². The predicted octanol–water partition coefficient (Wildman–Crippen LogP) is 3.60. The van der Waals surface area contributed by atoms with Crippen molar-refractivity contribution in [3.63, 3.8) is 0 Å². The first-order valence-electron chi connectivity index (χ1n) is 8.67. The van der Waals surface area contributed by atoms with Gasteiger partial charge >= 0.3 is 6.03 Å². The molecule has 0 bridgehead atoms. The van der Waals surface area contributed by atoms with Gasteiger partial charge < -0.3 is 10.2 Å². The van der Waals surface area contributed by atoms with Crippen LogP contribution < -0.4 is 5.32 Å². The maximum atomic E-state index is 12.4. The lowest BCUT2D eigenvalue weighted by Gasteiger charge is -2.34. The first kappa shape index (κ1) is 18.2. The molecule has 0 radical (unpaired) electrons. The van der Waals surface area contributed by atoms with Gasteiger partial charge in [0.25, 0.3) is 0 Å². The van der Waals surface area contributed by atoms with E-state index < -0.39 is 0 Å². The second kappa shape index (κ2) is 8.70. The van der Waals surface area contributed by atoms with Gasteiger partial charge in [0.05, 0.1) is 10.6 Å². The van der Waals surface area contributed by atoms with E-state index in [4.69, 9.17) is 16.9 Å². The lowest BCUT2D eigenvalue weighted by Crippen LogP contribution is -2.50. The zero-order chi connectivity index (χ0) is 18.4. The first-order valence-corrected chi connectivity index (χ1v) is 9.05. The summed E-state index contributed by atoms with van der Waals surface area (Å²) < 4.78 is 0. The van der Waals surface area contributed by atoms with E-state index in [1.807, 2.05) is 17.0 Å². The van der Waals surface area contributed by atoms with Crippen molar-refractivity contribution < 1.29 is 4.79 Å². The van der Waals surface area contributed by atoms with Crippen molar-refractivity contribution in [3.8, 4) is 6.07 Å². The van der Waals surface area contributed by atoms with Crippen molar-refractivity contribution in [2.75, 3.05) is 38.0 Å². The third-order valence-electron chi connectivity index (χ3n) is 4.56. The molecule has 6 heteroatoms. The van der Waals surface area contributed by atoms with E-state index in [-0.39, 0.29) is 6.03 Å². The molecule has 0 spiro atoms. The molecule has 1 aliphatic heterocycles. The maximum Gasteiger partial charge on any atom is 0.321 e. The lowest BCUT2D eigenvalue weighted by molar-refractivity contribution is 0.148. The van der Waals surface area contributed by atoms with Crippen molar-refractivity contribution >= 4 is 23.3 Å². The number of carbonyl (C=O) groups is 1. The largest absolute Gasteiger partial charge is 0.322 e. The lowest BCUT2D eigenvalue weighted by atomic mass is 10.1. The van der Waals surface area contributed by atoms with Crippen molar-refractivity contribution in [3.05, 3.63) is 64.7 Å². The molecule has 0 unspecified atom stereocenters. The minimum atomic E-state index is -0.131. The molecule has 5 nitrogen and oxygen atoms in total. The molecule has 2 aromatic carbocycles. The van der Waals surface area contributed by atoms with Crippen LogP contribution in [0.1, 0.15) is 11.1 Å². The number of carbonyl (C=O) groups excluding carboxylic acids is 1. The van der Waals surface area contributed by atoms with Gasteiger partial charge in [-0.25, -0.2) is 4.79 Å². The highest BCUT2D eigenvalue weighted by molar-refractivity contribution is 6.32. The van der Waals surface area contributed by atoms with E-state index in [0.717, 1.165) is 26.1 Å². The molecule has 26 heavy (non-hydrogen) atoms. The van der Waals surface area contributed by atoms with Crippen molar-refractivity contribution in [2.24, 2.45) is 0 Å². The van der Waals surface area contributed by atoms with E-state index in [9.17, 15) is 4.79 Å². The van der Waals surface area contributed by atoms with Crippen LogP contribution in [-0.4, -0.2) is 48.6 Å². The Bertz CT molecular complexity index is 795. The molecule has 2 aromatic rings. The molecular weight excluding hydrogens is 348 g/mol. The van der Waals surface area contributed by atoms with Crippen molar-refractivity contribution in [1.82, 2.24) is 9.80 Å². The monoisotopic (exact) mass is 368 g/mol. The van der Waals surface area contributed by atoms with Crippen LogP contribution in [0, 0.1) is 11.3 Å². The second-order valence-electron chi connectivity index (χ2n) is 6.30. The molecule has 1 N–H and O–H groups in total. The SMILES string of the molecule is N#Cc1ccc(NC(=O)N2CCN(CCc3ccccc3)CC2)cc1Cl. The fraction of sp³-hybridized carbons (Fsp3) is 0.300. The van der Waals surface area contributed by atoms with E-state index >= 15 is 0 Å². The van der Waals surface area contributed by atoms with Gasteiger partial charge in [-0.1, -0.05) is 41.9 Å². The van der Waals surface area contributed by atoms with Crippen LogP contribution in [0.25, 0.3) is 0 Å². The summed E-state index contributed by atoms with van der Waals surface area (Å²) in [5, 5.41) is 12.1. The molecule has 1 fully saturated rings. The Morgan fingerprint density at radius 1 is 1.12 bits per heavy atom. The Labute approximate surface area is 158 Å². The van der Waals surface area contributed by atoms with Gasteiger partial charge in [-0.15, -0.1) is 0 Å². The highest BCUT2D eigenvalue weighted by Gasteiger charge is 2.21. The number of nitriles is 1. The maximum absolute atomic E-state index is 12.4.